The molecule has 3 aromatic carbocycles. The summed E-state index contributed by atoms with van der Waals surface area (Å²) in [5, 5.41) is 18.6. The van der Waals surface area contributed by atoms with E-state index in [0.29, 0.717) is 39.3 Å². The van der Waals surface area contributed by atoms with Gasteiger partial charge in [0.05, 0.1) is 10.8 Å². The highest BCUT2D eigenvalue weighted by Crippen LogP contribution is 2.39. The van der Waals surface area contributed by atoms with E-state index in [-0.39, 0.29) is 11.6 Å². The lowest BCUT2D eigenvalue weighted by Gasteiger charge is -2.17. The van der Waals surface area contributed by atoms with Crippen LogP contribution in [0.4, 0.5) is 10.7 Å². The van der Waals surface area contributed by atoms with Gasteiger partial charge in [-0.2, -0.15) is 5.26 Å². The van der Waals surface area contributed by atoms with Crippen molar-refractivity contribution in [1.82, 2.24) is 5.32 Å². The molecule has 3 N–H and O–H groups in total. The first-order chi connectivity index (χ1) is 24.2. The summed E-state index contributed by atoms with van der Waals surface area (Å²) in [6.07, 6.45) is 4.34. The zero-order valence-corrected chi connectivity index (χ0v) is 30.5. The number of hydrogen-bond donors (Lipinski definition) is 3. The van der Waals surface area contributed by atoms with Crippen molar-refractivity contribution in [2.24, 2.45) is 5.92 Å². The number of nitrogens with one attached hydrogen (secondary N) is 3. The van der Waals surface area contributed by atoms with Crippen LogP contribution in [0, 0.1) is 17.2 Å². The summed E-state index contributed by atoms with van der Waals surface area (Å²) in [5.74, 6) is 0.417. The van der Waals surface area contributed by atoms with Crippen LogP contribution in [0.1, 0.15) is 52.4 Å². The van der Waals surface area contributed by atoms with Crippen molar-refractivity contribution in [1.29, 1.82) is 5.26 Å². The van der Waals surface area contributed by atoms with E-state index in [9.17, 15) is 19.6 Å². The Balaban J connectivity index is 1.13. The largest absolute Gasteiger partial charge is 0.457 e. The Kier molecular flexibility index (Phi) is 11.0. The molecule has 6 rings (SSSR count). The standard InChI is InChI=1S/C39H33BrN4O4S2/c1-23-8-18-31-32(22-41)39(50-35(31)20-23)44-36(45)24(2)49-30-16-13-28(14-17-30)42-38(47)33(43-37(46)26-6-4-3-5-7-26)21-29-15-19-34(48-29)25-9-11-27(40)12-10-25/h3-7,9-17,19,21,23-24H,8,18,20H2,1-2H3,(H,42,47)(H,43,46)(H,44,45)/b33-21-. The van der Waals surface area contributed by atoms with E-state index in [4.69, 9.17) is 4.42 Å². The molecule has 0 spiro atoms. The number of thiophene rings is 1. The topological polar surface area (TPSA) is 124 Å². The number of amides is 3. The first-order valence-electron chi connectivity index (χ1n) is 16.0. The number of furan rings is 1. The first kappa shape index (κ1) is 35.0. The smallest absolute Gasteiger partial charge is 0.272 e. The third-order valence-electron chi connectivity index (χ3n) is 8.23. The van der Waals surface area contributed by atoms with Crippen LogP contribution in [-0.4, -0.2) is 23.0 Å². The van der Waals surface area contributed by atoms with Gasteiger partial charge in [-0.25, -0.2) is 0 Å². The summed E-state index contributed by atoms with van der Waals surface area (Å²) in [4.78, 5) is 41.8. The van der Waals surface area contributed by atoms with E-state index in [2.05, 4.69) is 44.9 Å². The lowest BCUT2D eigenvalue weighted by atomic mass is 9.89. The number of nitriles is 1. The highest BCUT2D eigenvalue weighted by Gasteiger charge is 2.26. The second-order valence-electron chi connectivity index (χ2n) is 12.0. The number of carbonyl (C=O) groups excluding carboxylic acids is 3. The van der Waals surface area contributed by atoms with Gasteiger partial charge in [0.1, 0.15) is 28.3 Å². The Morgan fingerprint density at radius 2 is 1.74 bits per heavy atom. The molecular weight excluding hydrogens is 732 g/mol. The van der Waals surface area contributed by atoms with Crippen LogP contribution in [0.5, 0.6) is 0 Å². The fourth-order valence-electron chi connectivity index (χ4n) is 5.53. The van der Waals surface area contributed by atoms with Crippen molar-refractivity contribution in [3.05, 3.63) is 128 Å². The molecule has 1 aliphatic carbocycles. The quantitative estimate of drug-likeness (QED) is 0.0962. The minimum Gasteiger partial charge on any atom is -0.457 e. The SMILES string of the molecule is CC1CCc2c(sc(NC(=O)C(C)Sc3ccc(NC(=O)/C(=C/c4ccc(-c5ccc(Br)cc5)o4)NC(=O)c4ccccc4)cc3)c2C#N)C1. The number of carbonyl (C=O) groups is 3. The molecule has 2 heterocycles. The lowest BCUT2D eigenvalue weighted by Crippen LogP contribution is -2.30. The minimum absolute atomic E-state index is 0.000701. The molecule has 0 aliphatic heterocycles. The van der Waals surface area contributed by atoms with Crippen molar-refractivity contribution < 1.29 is 18.8 Å². The maximum absolute atomic E-state index is 13.5. The van der Waals surface area contributed by atoms with Crippen LogP contribution in [-0.2, 0) is 22.4 Å². The molecule has 0 saturated heterocycles. The molecule has 0 radical (unpaired) electrons. The van der Waals surface area contributed by atoms with Crippen LogP contribution in [0.15, 0.2) is 110 Å². The summed E-state index contributed by atoms with van der Waals surface area (Å²) in [7, 11) is 0. The minimum atomic E-state index is -0.537. The zero-order valence-electron chi connectivity index (χ0n) is 27.3. The molecule has 0 saturated carbocycles. The van der Waals surface area contributed by atoms with Crippen LogP contribution in [0.2, 0.25) is 0 Å². The van der Waals surface area contributed by atoms with Crippen molar-refractivity contribution in [3.8, 4) is 17.4 Å². The fraction of sp³-hybridized carbons (Fsp3) is 0.179. The van der Waals surface area contributed by atoms with Gasteiger partial charge in [-0.05, 0) is 98.3 Å². The summed E-state index contributed by atoms with van der Waals surface area (Å²) in [6, 6.07) is 29.2. The number of rotatable bonds is 10. The van der Waals surface area contributed by atoms with E-state index in [1.807, 2.05) is 49.4 Å². The van der Waals surface area contributed by atoms with E-state index < -0.39 is 17.1 Å². The van der Waals surface area contributed by atoms with Gasteiger partial charge >= 0.3 is 0 Å². The summed E-state index contributed by atoms with van der Waals surface area (Å²) in [5.41, 5.74) is 3.44. The Bertz CT molecular complexity index is 2100. The average Bonchev–Trinajstić information content (AvgIpc) is 3.73. The van der Waals surface area contributed by atoms with Gasteiger partial charge in [0.25, 0.3) is 11.8 Å². The molecule has 5 aromatic rings. The van der Waals surface area contributed by atoms with Gasteiger partial charge < -0.3 is 20.4 Å². The van der Waals surface area contributed by atoms with Crippen molar-refractivity contribution in [2.75, 3.05) is 10.6 Å². The average molecular weight is 766 g/mol. The predicted molar refractivity (Wildman–Crippen MR) is 203 cm³/mol. The highest BCUT2D eigenvalue weighted by atomic mass is 79.9. The molecule has 2 atom stereocenters. The molecule has 0 fully saturated rings. The maximum Gasteiger partial charge on any atom is 0.272 e. The molecule has 1 aliphatic rings. The van der Waals surface area contributed by atoms with Crippen molar-refractivity contribution >= 4 is 73.5 Å². The van der Waals surface area contributed by atoms with Gasteiger partial charge in [0, 0.05) is 37.1 Å². The Hall–Kier alpha value is -4.89. The number of thioether (sulfide) groups is 1. The van der Waals surface area contributed by atoms with E-state index in [1.165, 1.54) is 34.1 Å². The van der Waals surface area contributed by atoms with Crippen molar-refractivity contribution in [2.45, 2.75) is 43.3 Å². The Morgan fingerprint density at radius 3 is 2.46 bits per heavy atom. The van der Waals surface area contributed by atoms with Gasteiger partial charge in [-0.1, -0.05) is 53.2 Å². The molecule has 2 aromatic heterocycles. The number of fused-ring (bicyclic) bond motifs is 1. The zero-order chi connectivity index (χ0) is 35.2. The third kappa shape index (κ3) is 8.45. The summed E-state index contributed by atoms with van der Waals surface area (Å²) >= 11 is 6.32. The van der Waals surface area contributed by atoms with E-state index in [0.717, 1.165) is 39.8 Å². The molecule has 0 bridgehead atoms. The Labute approximate surface area is 307 Å². The second kappa shape index (κ2) is 15.8. The van der Waals surface area contributed by atoms with Crippen LogP contribution >= 0.6 is 39.0 Å². The number of benzene rings is 3. The van der Waals surface area contributed by atoms with E-state index >= 15 is 0 Å². The molecule has 11 heteroatoms. The van der Waals surface area contributed by atoms with Gasteiger partial charge in [-0.15, -0.1) is 23.1 Å². The maximum atomic E-state index is 13.5. The molecule has 2 unspecified atom stereocenters. The molecule has 8 nitrogen and oxygen atoms in total. The molecule has 3 amide bonds. The normalized spacial score (nSPS) is 14.6. The number of hydrogen-bond acceptors (Lipinski definition) is 7. The summed E-state index contributed by atoms with van der Waals surface area (Å²) in [6.45, 7) is 4.03. The fourth-order valence-corrected chi connectivity index (χ4v) is 8.02. The first-order valence-corrected chi connectivity index (χ1v) is 18.5. The number of anilines is 2. The number of nitrogens with zero attached hydrogens (tertiary/aromatic N) is 1. The van der Waals surface area contributed by atoms with Gasteiger partial charge in [-0.3, -0.25) is 14.4 Å². The van der Waals surface area contributed by atoms with Gasteiger partial charge in [0.15, 0.2) is 0 Å². The lowest BCUT2D eigenvalue weighted by molar-refractivity contribution is -0.115. The van der Waals surface area contributed by atoms with Crippen LogP contribution in [0.3, 0.4) is 0 Å². The van der Waals surface area contributed by atoms with Crippen molar-refractivity contribution in [3.63, 3.8) is 0 Å². The third-order valence-corrected chi connectivity index (χ3v) is 11.0. The number of halogens is 1. The predicted octanol–water partition coefficient (Wildman–Crippen LogP) is 9.30. The highest BCUT2D eigenvalue weighted by molar-refractivity contribution is 9.10. The molecule has 252 valence electrons. The molecule has 50 heavy (non-hydrogen) atoms. The van der Waals surface area contributed by atoms with Gasteiger partial charge in [0.2, 0.25) is 5.91 Å². The van der Waals surface area contributed by atoms with Crippen LogP contribution in [0.25, 0.3) is 17.4 Å². The molecular formula is C39H33BrN4O4S2. The second-order valence-corrected chi connectivity index (χ2v) is 15.4. The van der Waals surface area contributed by atoms with Crippen LogP contribution < -0.4 is 16.0 Å². The van der Waals surface area contributed by atoms with E-state index in [1.54, 1.807) is 48.5 Å². The Morgan fingerprint density at radius 1 is 1.00 bits per heavy atom. The monoisotopic (exact) mass is 764 g/mol. The summed E-state index contributed by atoms with van der Waals surface area (Å²) < 4.78 is 6.95.